The van der Waals surface area contributed by atoms with Crippen LogP contribution >= 0.6 is 11.3 Å². The summed E-state index contributed by atoms with van der Waals surface area (Å²) in [5.74, 6) is 0.254. The first-order chi connectivity index (χ1) is 8.27. The number of amides is 1. The van der Waals surface area contributed by atoms with Crippen molar-refractivity contribution in [1.82, 2.24) is 5.43 Å². The third kappa shape index (κ3) is 3.40. The molecule has 1 amide bonds. The molecule has 0 unspecified atom stereocenters. The Balaban J connectivity index is 1.88. The number of hydrogen-bond acceptors (Lipinski definition) is 3. The van der Waals surface area contributed by atoms with E-state index in [2.05, 4.69) is 10.5 Å². The molecule has 0 saturated heterocycles. The van der Waals surface area contributed by atoms with Gasteiger partial charge in [-0.3, -0.25) is 4.79 Å². The maximum Gasteiger partial charge on any atom is 0.243 e. The van der Waals surface area contributed by atoms with Crippen LogP contribution in [0.4, 0.5) is 0 Å². The van der Waals surface area contributed by atoms with Gasteiger partial charge in [-0.15, -0.1) is 11.3 Å². The van der Waals surface area contributed by atoms with E-state index in [1.165, 1.54) is 19.3 Å². The quantitative estimate of drug-likeness (QED) is 0.649. The van der Waals surface area contributed by atoms with Gasteiger partial charge in [0.15, 0.2) is 0 Å². The van der Waals surface area contributed by atoms with Gasteiger partial charge in [-0.2, -0.15) is 5.10 Å². The molecule has 0 aliphatic heterocycles. The van der Waals surface area contributed by atoms with Gasteiger partial charge in [0.05, 0.1) is 5.71 Å². The number of thiophene rings is 1. The van der Waals surface area contributed by atoms with Gasteiger partial charge >= 0.3 is 0 Å². The number of carbonyl (C=O) groups is 1. The highest BCUT2D eigenvalue weighted by Crippen LogP contribution is 2.23. The first-order valence-corrected chi connectivity index (χ1v) is 7.03. The molecule has 4 heteroatoms. The van der Waals surface area contributed by atoms with Crippen molar-refractivity contribution in [2.45, 2.75) is 39.0 Å². The summed E-state index contributed by atoms with van der Waals surface area (Å²) in [6.45, 7) is 1.92. The van der Waals surface area contributed by atoms with Crippen LogP contribution in [0.15, 0.2) is 22.6 Å². The largest absolute Gasteiger partial charge is 0.273 e. The van der Waals surface area contributed by atoms with Gasteiger partial charge in [-0.1, -0.05) is 25.3 Å². The molecular weight excluding hydrogens is 232 g/mol. The fraction of sp³-hybridized carbons (Fsp3) is 0.538. The van der Waals surface area contributed by atoms with Crippen LogP contribution < -0.4 is 5.43 Å². The Morgan fingerprint density at radius 2 is 2.18 bits per heavy atom. The fourth-order valence-electron chi connectivity index (χ4n) is 2.13. The summed E-state index contributed by atoms with van der Waals surface area (Å²) in [6, 6.07) is 4.00. The van der Waals surface area contributed by atoms with Crippen molar-refractivity contribution in [2.75, 3.05) is 0 Å². The van der Waals surface area contributed by atoms with Crippen LogP contribution in [0.3, 0.4) is 0 Å². The molecule has 3 nitrogen and oxygen atoms in total. The van der Waals surface area contributed by atoms with Crippen molar-refractivity contribution in [1.29, 1.82) is 0 Å². The standard InChI is InChI=1S/C13H18N2OS/c1-10(12-8-5-9-17-12)14-15-13(16)11-6-3-2-4-7-11/h5,8-9,11H,2-4,6-7H2,1H3,(H,15,16)/b14-10+. The second kappa shape index (κ2) is 5.96. The van der Waals surface area contributed by atoms with Crippen LogP contribution in [0, 0.1) is 5.92 Å². The Hall–Kier alpha value is -1.16. The van der Waals surface area contributed by atoms with E-state index in [-0.39, 0.29) is 11.8 Å². The van der Waals surface area contributed by atoms with E-state index < -0.39 is 0 Å². The third-order valence-electron chi connectivity index (χ3n) is 3.19. The minimum Gasteiger partial charge on any atom is -0.273 e. The highest BCUT2D eigenvalue weighted by atomic mass is 32.1. The molecule has 0 radical (unpaired) electrons. The first kappa shape index (κ1) is 12.3. The Labute approximate surface area is 106 Å². The molecule has 1 aromatic heterocycles. The molecule has 2 rings (SSSR count). The van der Waals surface area contributed by atoms with Crippen LogP contribution in [0.25, 0.3) is 0 Å². The molecule has 1 aliphatic carbocycles. The third-order valence-corrected chi connectivity index (χ3v) is 4.17. The zero-order valence-corrected chi connectivity index (χ0v) is 10.9. The van der Waals surface area contributed by atoms with Gasteiger partial charge in [0.1, 0.15) is 0 Å². The number of hydrazone groups is 1. The molecule has 0 aromatic carbocycles. The predicted octanol–water partition coefficient (Wildman–Crippen LogP) is 3.17. The molecular formula is C13H18N2OS. The lowest BCUT2D eigenvalue weighted by Crippen LogP contribution is -2.29. The summed E-state index contributed by atoms with van der Waals surface area (Å²) in [5, 5.41) is 6.18. The average Bonchev–Trinajstić information content (AvgIpc) is 2.90. The minimum absolute atomic E-state index is 0.0839. The molecule has 1 heterocycles. The first-order valence-electron chi connectivity index (χ1n) is 6.15. The molecule has 92 valence electrons. The van der Waals surface area contributed by atoms with E-state index in [0.29, 0.717) is 0 Å². The van der Waals surface area contributed by atoms with E-state index in [4.69, 9.17) is 0 Å². The van der Waals surface area contributed by atoms with Gasteiger partial charge in [0.2, 0.25) is 5.91 Å². The summed E-state index contributed by atoms with van der Waals surface area (Å²) < 4.78 is 0. The molecule has 0 bridgehead atoms. The van der Waals surface area contributed by atoms with E-state index in [1.807, 2.05) is 24.4 Å². The lowest BCUT2D eigenvalue weighted by atomic mass is 9.89. The Morgan fingerprint density at radius 1 is 1.41 bits per heavy atom. The molecule has 1 aromatic rings. The van der Waals surface area contributed by atoms with Crippen molar-refractivity contribution < 1.29 is 4.79 Å². The summed E-state index contributed by atoms with van der Waals surface area (Å²) in [5.41, 5.74) is 3.57. The van der Waals surface area contributed by atoms with Crippen LogP contribution in [0.2, 0.25) is 0 Å². The predicted molar refractivity (Wildman–Crippen MR) is 71.2 cm³/mol. The zero-order valence-electron chi connectivity index (χ0n) is 10.1. The Bertz CT molecular complexity index is 392. The summed E-state index contributed by atoms with van der Waals surface area (Å²) >= 11 is 1.64. The van der Waals surface area contributed by atoms with E-state index in [9.17, 15) is 4.79 Å². The van der Waals surface area contributed by atoms with Gasteiger partial charge in [-0.05, 0) is 31.2 Å². The van der Waals surface area contributed by atoms with E-state index in [0.717, 1.165) is 23.4 Å². The maximum absolute atomic E-state index is 11.9. The normalized spacial score (nSPS) is 18.1. The molecule has 1 saturated carbocycles. The fourth-order valence-corrected chi connectivity index (χ4v) is 2.81. The van der Waals surface area contributed by atoms with Crippen molar-refractivity contribution in [3.8, 4) is 0 Å². The zero-order chi connectivity index (χ0) is 12.1. The molecule has 0 spiro atoms. The summed E-state index contributed by atoms with van der Waals surface area (Å²) in [7, 11) is 0. The Morgan fingerprint density at radius 3 is 2.82 bits per heavy atom. The Kier molecular flexibility index (Phi) is 4.31. The summed E-state index contributed by atoms with van der Waals surface area (Å²) in [4.78, 5) is 13.0. The van der Waals surface area contributed by atoms with Crippen LogP contribution in [0.1, 0.15) is 43.9 Å². The minimum atomic E-state index is 0.0839. The SMILES string of the molecule is C/C(=N\NC(=O)C1CCCCC1)c1cccs1. The van der Waals surface area contributed by atoms with Crippen LogP contribution in [0.5, 0.6) is 0 Å². The van der Waals surface area contributed by atoms with Gasteiger partial charge in [0.25, 0.3) is 0 Å². The van der Waals surface area contributed by atoms with Gasteiger partial charge in [-0.25, -0.2) is 5.43 Å². The lowest BCUT2D eigenvalue weighted by molar-refractivity contribution is -0.125. The van der Waals surface area contributed by atoms with Crippen molar-refractivity contribution in [2.24, 2.45) is 11.0 Å². The van der Waals surface area contributed by atoms with Gasteiger partial charge in [0, 0.05) is 10.8 Å². The molecule has 17 heavy (non-hydrogen) atoms. The number of hydrogen-bond donors (Lipinski definition) is 1. The topological polar surface area (TPSA) is 41.5 Å². The van der Waals surface area contributed by atoms with Gasteiger partial charge < -0.3 is 0 Å². The second-order valence-corrected chi connectivity index (χ2v) is 5.43. The second-order valence-electron chi connectivity index (χ2n) is 4.49. The van der Waals surface area contributed by atoms with Crippen LogP contribution in [-0.4, -0.2) is 11.6 Å². The summed E-state index contributed by atoms with van der Waals surface area (Å²) in [6.07, 6.45) is 5.64. The number of nitrogens with zero attached hydrogens (tertiary/aromatic N) is 1. The molecule has 1 N–H and O–H groups in total. The van der Waals surface area contributed by atoms with E-state index in [1.54, 1.807) is 11.3 Å². The van der Waals surface area contributed by atoms with Crippen molar-refractivity contribution >= 4 is 23.0 Å². The molecule has 1 fully saturated rings. The maximum atomic E-state index is 11.9. The molecule has 1 aliphatic rings. The van der Waals surface area contributed by atoms with Crippen LogP contribution in [-0.2, 0) is 4.79 Å². The highest BCUT2D eigenvalue weighted by molar-refractivity contribution is 7.12. The van der Waals surface area contributed by atoms with Crippen molar-refractivity contribution in [3.05, 3.63) is 22.4 Å². The van der Waals surface area contributed by atoms with Crippen molar-refractivity contribution in [3.63, 3.8) is 0 Å². The average molecular weight is 250 g/mol. The lowest BCUT2D eigenvalue weighted by Gasteiger charge is -2.19. The number of nitrogens with one attached hydrogen (secondary N) is 1. The monoisotopic (exact) mass is 250 g/mol. The smallest absolute Gasteiger partial charge is 0.243 e. The number of rotatable bonds is 3. The number of carbonyl (C=O) groups excluding carboxylic acids is 1. The molecule has 0 atom stereocenters. The van der Waals surface area contributed by atoms with E-state index >= 15 is 0 Å². The highest BCUT2D eigenvalue weighted by Gasteiger charge is 2.20.